The molecule has 0 unspecified atom stereocenters. The molecular weight excluding hydrogens is 288 g/mol. The molecule has 1 aromatic carbocycles. The molecule has 0 bridgehead atoms. The molecule has 90 valence electrons. The second-order valence-corrected chi connectivity index (χ2v) is 4.86. The van der Waals surface area contributed by atoms with E-state index in [0.29, 0.717) is 0 Å². The minimum atomic E-state index is 0.862. The summed E-state index contributed by atoms with van der Waals surface area (Å²) in [6, 6.07) is 12.6. The van der Waals surface area contributed by atoms with Crippen molar-refractivity contribution in [3.8, 4) is 0 Å². The number of hydrogen-bond donors (Lipinski definition) is 0. The summed E-state index contributed by atoms with van der Waals surface area (Å²) in [6.45, 7) is 0.862. The molecule has 0 spiro atoms. The van der Waals surface area contributed by atoms with Crippen LogP contribution in [0.3, 0.4) is 0 Å². The van der Waals surface area contributed by atoms with Gasteiger partial charge in [-0.1, -0.05) is 40.2 Å². The number of para-hydroxylation sites is 1. The van der Waals surface area contributed by atoms with Crippen molar-refractivity contribution in [1.82, 2.24) is 9.55 Å². The predicted molar refractivity (Wildman–Crippen MR) is 77.9 cm³/mol. The molecule has 3 rings (SSSR count). The predicted octanol–water partition coefficient (Wildman–Crippen LogP) is 3.98. The zero-order valence-electron chi connectivity index (χ0n) is 9.88. The SMILES string of the molecule is BrCc1cn(Cc2cccnc2)c2ccccc12. The molecule has 0 aliphatic heterocycles. The number of nitrogens with zero attached hydrogens (tertiary/aromatic N) is 2. The molecule has 2 nitrogen and oxygen atoms in total. The fraction of sp³-hybridized carbons (Fsp3) is 0.133. The average molecular weight is 301 g/mol. The smallest absolute Gasteiger partial charge is 0.0491 e. The average Bonchev–Trinajstić information content (AvgIpc) is 2.78. The Morgan fingerprint density at radius 1 is 1.11 bits per heavy atom. The van der Waals surface area contributed by atoms with Crippen molar-refractivity contribution in [3.63, 3.8) is 0 Å². The second kappa shape index (κ2) is 4.94. The normalized spacial score (nSPS) is 10.9. The molecule has 0 amide bonds. The lowest BCUT2D eigenvalue weighted by Gasteiger charge is -2.04. The van der Waals surface area contributed by atoms with Crippen LogP contribution in [-0.2, 0) is 11.9 Å². The van der Waals surface area contributed by atoms with E-state index in [-0.39, 0.29) is 0 Å². The van der Waals surface area contributed by atoms with Gasteiger partial charge in [0, 0.05) is 41.4 Å². The van der Waals surface area contributed by atoms with Gasteiger partial charge in [-0.15, -0.1) is 0 Å². The first-order valence-electron chi connectivity index (χ1n) is 5.90. The van der Waals surface area contributed by atoms with E-state index in [1.165, 1.54) is 22.0 Å². The quantitative estimate of drug-likeness (QED) is 0.669. The molecule has 0 fully saturated rings. The molecule has 2 heterocycles. The van der Waals surface area contributed by atoms with Gasteiger partial charge < -0.3 is 4.57 Å². The van der Waals surface area contributed by atoms with Crippen LogP contribution < -0.4 is 0 Å². The molecular formula is C15H13BrN2. The minimum absolute atomic E-state index is 0.862. The highest BCUT2D eigenvalue weighted by Crippen LogP contribution is 2.23. The van der Waals surface area contributed by atoms with Gasteiger partial charge in [0.15, 0.2) is 0 Å². The maximum atomic E-state index is 4.17. The van der Waals surface area contributed by atoms with Crippen molar-refractivity contribution in [2.45, 2.75) is 11.9 Å². The van der Waals surface area contributed by atoms with E-state index in [9.17, 15) is 0 Å². The van der Waals surface area contributed by atoms with Crippen molar-refractivity contribution in [3.05, 3.63) is 66.1 Å². The molecule has 0 radical (unpaired) electrons. The van der Waals surface area contributed by atoms with Crippen LogP contribution in [0.15, 0.2) is 55.0 Å². The van der Waals surface area contributed by atoms with Crippen LogP contribution in [0.2, 0.25) is 0 Å². The van der Waals surface area contributed by atoms with Gasteiger partial charge in [0.1, 0.15) is 0 Å². The molecule has 2 aromatic heterocycles. The van der Waals surface area contributed by atoms with Crippen molar-refractivity contribution in [2.75, 3.05) is 0 Å². The molecule has 3 heteroatoms. The first kappa shape index (κ1) is 11.5. The zero-order chi connectivity index (χ0) is 12.4. The summed E-state index contributed by atoms with van der Waals surface area (Å²) < 4.78 is 2.28. The summed E-state index contributed by atoms with van der Waals surface area (Å²) in [4.78, 5) is 4.17. The van der Waals surface area contributed by atoms with Crippen LogP contribution in [0.1, 0.15) is 11.1 Å². The first-order valence-corrected chi connectivity index (χ1v) is 7.02. The highest BCUT2D eigenvalue weighted by molar-refractivity contribution is 9.08. The standard InChI is InChI=1S/C15H13BrN2/c16-8-13-11-18(10-12-4-3-7-17-9-12)15-6-2-1-5-14(13)15/h1-7,9,11H,8,10H2. The van der Waals surface area contributed by atoms with E-state index in [1.54, 1.807) is 6.20 Å². The maximum absolute atomic E-state index is 4.17. The van der Waals surface area contributed by atoms with E-state index in [0.717, 1.165) is 11.9 Å². The van der Waals surface area contributed by atoms with Crippen LogP contribution in [-0.4, -0.2) is 9.55 Å². The van der Waals surface area contributed by atoms with Crippen LogP contribution in [0.4, 0.5) is 0 Å². The van der Waals surface area contributed by atoms with Gasteiger partial charge in [-0.05, 0) is 23.3 Å². The Balaban J connectivity index is 2.07. The van der Waals surface area contributed by atoms with E-state index in [1.807, 2.05) is 12.3 Å². The number of pyridine rings is 1. The lowest BCUT2D eigenvalue weighted by molar-refractivity contribution is 0.829. The lowest BCUT2D eigenvalue weighted by atomic mass is 10.2. The van der Waals surface area contributed by atoms with E-state index in [2.05, 4.69) is 62.0 Å². The Bertz CT molecular complexity index is 659. The lowest BCUT2D eigenvalue weighted by Crippen LogP contribution is -1.97. The molecule has 3 aromatic rings. The van der Waals surface area contributed by atoms with Gasteiger partial charge in [-0.25, -0.2) is 0 Å². The van der Waals surface area contributed by atoms with Gasteiger partial charge in [0.05, 0.1) is 0 Å². The fourth-order valence-corrected chi connectivity index (χ4v) is 2.70. The Hall–Kier alpha value is -1.61. The Labute approximate surface area is 114 Å². The van der Waals surface area contributed by atoms with Crippen LogP contribution >= 0.6 is 15.9 Å². The summed E-state index contributed by atoms with van der Waals surface area (Å²) in [7, 11) is 0. The number of fused-ring (bicyclic) bond motifs is 1. The first-order chi connectivity index (χ1) is 8.88. The fourth-order valence-electron chi connectivity index (χ4n) is 2.25. The van der Waals surface area contributed by atoms with Crippen molar-refractivity contribution < 1.29 is 0 Å². The highest BCUT2D eigenvalue weighted by atomic mass is 79.9. The number of benzene rings is 1. The second-order valence-electron chi connectivity index (χ2n) is 4.29. The summed E-state index contributed by atoms with van der Waals surface area (Å²) in [5.41, 5.74) is 3.82. The minimum Gasteiger partial charge on any atom is -0.343 e. The third-order valence-electron chi connectivity index (χ3n) is 3.09. The topological polar surface area (TPSA) is 17.8 Å². The van der Waals surface area contributed by atoms with Crippen LogP contribution in [0.25, 0.3) is 10.9 Å². The maximum Gasteiger partial charge on any atom is 0.0491 e. The highest BCUT2D eigenvalue weighted by Gasteiger charge is 2.07. The summed E-state index contributed by atoms with van der Waals surface area (Å²) in [5, 5.41) is 2.20. The van der Waals surface area contributed by atoms with Gasteiger partial charge in [-0.2, -0.15) is 0 Å². The Morgan fingerprint density at radius 2 is 2.00 bits per heavy atom. The monoisotopic (exact) mass is 300 g/mol. The third kappa shape index (κ3) is 2.06. The van der Waals surface area contributed by atoms with Crippen molar-refractivity contribution >= 4 is 26.8 Å². The Morgan fingerprint density at radius 3 is 2.78 bits per heavy atom. The van der Waals surface area contributed by atoms with E-state index in [4.69, 9.17) is 0 Å². The number of alkyl halides is 1. The largest absolute Gasteiger partial charge is 0.343 e. The van der Waals surface area contributed by atoms with E-state index >= 15 is 0 Å². The van der Waals surface area contributed by atoms with Crippen LogP contribution in [0.5, 0.6) is 0 Å². The van der Waals surface area contributed by atoms with Crippen molar-refractivity contribution in [1.29, 1.82) is 0 Å². The van der Waals surface area contributed by atoms with Gasteiger partial charge in [0.25, 0.3) is 0 Å². The number of hydrogen-bond acceptors (Lipinski definition) is 1. The molecule has 0 saturated heterocycles. The molecule has 18 heavy (non-hydrogen) atoms. The Kier molecular flexibility index (Phi) is 3.15. The van der Waals surface area contributed by atoms with Gasteiger partial charge >= 0.3 is 0 Å². The van der Waals surface area contributed by atoms with Gasteiger partial charge in [0.2, 0.25) is 0 Å². The molecule has 0 atom stereocenters. The summed E-state index contributed by atoms with van der Waals surface area (Å²) in [6.07, 6.45) is 5.94. The molecule has 0 N–H and O–H groups in total. The van der Waals surface area contributed by atoms with E-state index < -0.39 is 0 Å². The third-order valence-corrected chi connectivity index (χ3v) is 3.69. The van der Waals surface area contributed by atoms with Crippen LogP contribution in [0, 0.1) is 0 Å². The zero-order valence-corrected chi connectivity index (χ0v) is 11.5. The summed E-state index contributed by atoms with van der Waals surface area (Å²) in [5.74, 6) is 0. The molecule has 0 aliphatic carbocycles. The van der Waals surface area contributed by atoms with Gasteiger partial charge in [-0.3, -0.25) is 4.98 Å². The molecule has 0 saturated carbocycles. The number of aromatic nitrogens is 2. The number of rotatable bonds is 3. The molecule has 0 aliphatic rings. The van der Waals surface area contributed by atoms with Crippen molar-refractivity contribution in [2.24, 2.45) is 0 Å². The summed E-state index contributed by atoms with van der Waals surface area (Å²) >= 11 is 3.55. The number of halogens is 1.